The maximum absolute atomic E-state index is 11.6. The van der Waals surface area contributed by atoms with Crippen molar-refractivity contribution in [3.8, 4) is 0 Å². The van der Waals surface area contributed by atoms with Gasteiger partial charge in [0.25, 0.3) is 5.91 Å². The lowest BCUT2D eigenvalue weighted by molar-refractivity contribution is 0.0950. The van der Waals surface area contributed by atoms with Crippen LogP contribution in [0, 0.1) is 0 Å². The zero-order valence-electron chi connectivity index (χ0n) is 9.79. The molecule has 0 aliphatic rings. The molecule has 0 fully saturated rings. The molecule has 0 atom stereocenters. The van der Waals surface area contributed by atoms with Crippen LogP contribution in [0.2, 0.25) is 0 Å². The van der Waals surface area contributed by atoms with E-state index in [1.807, 2.05) is 19.1 Å². The van der Waals surface area contributed by atoms with Gasteiger partial charge in [-0.15, -0.1) is 0 Å². The van der Waals surface area contributed by atoms with E-state index in [9.17, 15) is 4.79 Å². The van der Waals surface area contributed by atoms with Crippen LogP contribution in [0.25, 0.3) is 0 Å². The second kappa shape index (κ2) is 4.43. The van der Waals surface area contributed by atoms with E-state index in [0.717, 1.165) is 5.69 Å². The van der Waals surface area contributed by atoms with Crippen molar-refractivity contribution in [2.75, 3.05) is 6.54 Å². The van der Waals surface area contributed by atoms with E-state index in [4.69, 9.17) is 0 Å². The van der Waals surface area contributed by atoms with Gasteiger partial charge in [-0.3, -0.25) is 4.79 Å². The highest BCUT2D eigenvalue weighted by atomic mass is 16.1. The molecule has 0 unspecified atom stereocenters. The molecule has 1 aromatic heterocycles. The number of amides is 1. The highest BCUT2D eigenvalue weighted by molar-refractivity contribution is 5.92. The Bertz CT molecular complexity index is 353. The molecule has 1 N–H and O–H groups in total. The molecule has 0 radical (unpaired) electrons. The molecular weight excluding hydrogens is 188 g/mol. The van der Waals surface area contributed by atoms with Crippen molar-refractivity contribution < 1.29 is 4.79 Å². The van der Waals surface area contributed by atoms with Crippen molar-refractivity contribution in [3.63, 3.8) is 0 Å². The van der Waals surface area contributed by atoms with E-state index in [2.05, 4.69) is 31.1 Å². The highest BCUT2D eigenvalue weighted by Crippen LogP contribution is 2.19. The number of hydrogen-bond donors (Lipinski definition) is 1. The summed E-state index contributed by atoms with van der Waals surface area (Å²) >= 11 is 0. The highest BCUT2D eigenvalue weighted by Gasteiger charge is 2.16. The third kappa shape index (κ3) is 3.05. The van der Waals surface area contributed by atoms with Gasteiger partial charge in [0.2, 0.25) is 0 Å². The molecule has 82 valence electrons. The van der Waals surface area contributed by atoms with Gasteiger partial charge in [0.1, 0.15) is 5.69 Å². The average Bonchev–Trinajstić information content (AvgIpc) is 2.17. The summed E-state index contributed by atoms with van der Waals surface area (Å²) in [7, 11) is 0. The quantitative estimate of drug-likeness (QED) is 0.805. The predicted octanol–water partition coefficient (Wildman–Crippen LogP) is 2.13. The smallest absolute Gasteiger partial charge is 0.269 e. The lowest BCUT2D eigenvalue weighted by Gasteiger charge is -2.17. The molecule has 0 aliphatic heterocycles. The summed E-state index contributed by atoms with van der Waals surface area (Å²) in [5.74, 6) is -0.108. The molecule has 3 nitrogen and oxygen atoms in total. The largest absolute Gasteiger partial charge is 0.351 e. The normalized spacial score (nSPS) is 11.2. The van der Waals surface area contributed by atoms with Gasteiger partial charge in [-0.05, 0) is 19.1 Å². The van der Waals surface area contributed by atoms with Crippen molar-refractivity contribution in [3.05, 3.63) is 29.6 Å². The van der Waals surface area contributed by atoms with Crippen molar-refractivity contribution in [2.45, 2.75) is 33.1 Å². The number of nitrogens with one attached hydrogen (secondary N) is 1. The van der Waals surface area contributed by atoms with E-state index in [1.54, 1.807) is 6.07 Å². The lowest BCUT2D eigenvalue weighted by atomic mass is 9.91. The van der Waals surface area contributed by atoms with Gasteiger partial charge in [-0.2, -0.15) is 0 Å². The fourth-order valence-corrected chi connectivity index (χ4v) is 1.23. The minimum absolute atomic E-state index is 0.0253. The Morgan fingerprint density at radius 2 is 2.07 bits per heavy atom. The molecule has 0 saturated heterocycles. The van der Waals surface area contributed by atoms with Gasteiger partial charge >= 0.3 is 0 Å². The first-order valence-corrected chi connectivity index (χ1v) is 5.21. The maximum atomic E-state index is 11.6. The number of carbonyl (C=O) groups is 1. The second-order valence-corrected chi connectivity index (χ2v) is 4.52. The van der Waals surface area contributed by atoms with Crippen molar-refractivity contribution in [1.82, 2.24) is 10.3 Å². The van der Waals surface area contributed by atoms with Crippen molar-refractivity contribution >= 4 is 5.91 Å². The van der Waals surface area contributed by atoms with E-state index in [-0.39, 0.29) is 11.3 Å². The third-order valence-electron chi connectivity index (χ3n) is 2.09. The van der Waals surface area contributed by atoms with Gasteiger partial charge in [0, 0.05) is 17.7 Å². The van der Waals surface area contributed by atoms with Gasteiger partial charge in [-0.1, -0.05) is 26.8 Å². The first kappa shape index (κ1) is 11.7. The van der Waals surface area contributed by atoms with Gasteiger partial charge in [0.15, 0.2) is 0 Å². The minimum atomic E-state index is -0.108. The van der Waals surface area contributed by atoms with Gasteiger partial charge in [-0.25, -0.2) is 4.98 Å². The summed E-state index contributed by atoms with van der Waals surface area (Å²) < 4.78 is 0. The summed E-state index contributed by atoms with van der Waals surface area (Å²) in [6.07, 6.45) is 0. The number of hydrogen-bond acceptors (Lipinski definition) is 2. The summed E-state index contributed by atoms with van der Waals surface area (Å²) in [6.45, 7) is 8.76. The van der Waals surface area contributed by atoms with E-state index >= 15 is 0 Å². The molecule has 15 heavy (non-hydrogen) atoms. The van der Waals surface area contributed by atoms with Crippen LogP contribution in [-0.2, 0) is 5.41 Å². The monoisotopic (exact) mass is 206 g/mol. The van der Waals surface area contributed by atoms with E-state index in [1.165, 1.54) is 0 Å². The topological polar surface area (TPSA) is 42.0 Å². The SMILES string of the molecule is CCNC(=O)c1cccc(C(C)(C)C)n1. The number of pyridine rings is 1. The summed E-state index contributed by atoms with van der Waals surface area (Å²) in [5.41, 5.74) is 1.40. The standard InChI is InChI=1S/C12H18N2O/c1-5-13-11(15)9-7-6-8-10(14-9)12(2,3)4/h6-8H,5H2,1-4H3,(H,13,15). The fourth-order valence-electron chi connectivity index (χ4n) is 1.23. The van der Waals surface area contributed by atoms with Crippen molar-refractivity contribution in [1.29, 1.82) is 0 Å². The number of rotatable bonds is 2. The predicted molar refractivity (Wildman–Crippen MR) is 60.9 cm³/mol. The van der Waals surface area contributed by atoms with Crippen molar-refractivity contribution in [2.24, 2.45) is 0 Å². The third-order valence-corrected chi connectivity index (χ3v) is 2.09. The van der Waals surface area contributed by atoms with Crippen LogP contribution in [0.4, 0.5) is 0 Å². The maximum Gasteiger partial charge on any atom is 0.269 e. The molecule has 1 aromatic rings. The van der Waals surface area contributed by atoms with Crippen LogP contribution in [0.3, 0.4) is 0 Å². The molecule has 3 heteroatoms. The molecule has 1 heterocycles. The molecule has 0 saturated carbocycles. The molecule has 1 rings (SSSR count). The van der Waals surface area contributed by atoms with Crippen LogP contribution in [0.5, 0.6) is 0 Å². The van der Waals surface area contributed by atoms with Crippen LogP contribution in [0.15, 0.2) is 18.2 Å². The summed E-state index contributed by atoms with van der Waals surface area (Å²) in [4.78, 5) is 15.9. The Morgan fingerprint density at radius 3 is 2.60 bits per heavy atom. The molecule has 0 bridgehead atoms. The zero-order chi connectivity index (χ0) is 11.5. The number of nitrogens with zero attached hydrogens (tertiary/aromatic N) is 1. The summed E-state index contributed by atoms with van der Waals surface area (Å²) in [5, 5.41) is 2.74. The molecule has 0 aromatic carbocycles. The van der Waals surface area contributed by atoms with Crippen LogP contribution in [0.1, 0.15) is 43.9 Å². The Hall–Kier alpha value is -1.38. The Balaban J connectivity index is 2.98. The molecule has 0 spiro atoms. The van der Waals surface area contributed by atoms with Gasteiger partial charge < -0.3 is 5.32 Å². The van der Waals surface area contributed by atoms with Crippen LogP contribution < -0.4 is 5.32 Å². The number of aromatic nitrogens is 1. The molecule has 1 amide bonds. The Kier molecular flexibility index (Phi) is 3.45. The van der Waals surface area contributed by atoms with Gasteiger partial charge in [0.05, 0.1) is 0 Å². The van der Waals surface area contributed by atoms with E-state index in [0.29, 0.717) is 12.2 Å². The lowest BCUT2D eigenvalue weighted by Crippen LogP contribution is -2.25. The fraction of sp³-hybridized carbons (Fsp3) is 0.500. The first-order chi connectivity index (χ1) is 6.95. The van der Waals surface area contributed by atoms with Crippen LogP contribution in [-0.4, -0.2) is 17.4 Å². The molecular formula is C12H18N2O. The van der Waals surface area contributed by atoms with E-state index < -0.39 is 0 Å². The second-order valence-electron chi connectivity index (χ2n) is 4.52. The average molecular weight is 206 g/mol. The Labute approximate surface area is 90.9 Å². The zero-order valence-corrected chi connectivity index (χ0v) is 9.79. The minimum Gasteiger partial charge on any atom is -0.351 e. The summed E-state index contributed by atoms with van der Waals surface area (Å²) in [6, 6.07) is 5.56. The first-order valence-electron chi connectivity index (χ1n) is 5.21. The number of carbonyl (C=O) groups excluding carboxylic acids is 1. The molecule has 0 aliphatic carbocycles. The Morgan fingerprint density at radius 1 is 1.40 bits per heavy atom. The van der Waals surface area contributed by atoms with Crippen LogP contribution >= 0.6 is 0 Å².